The number of hydrogen-bond donors (Lipinski definition) is 0. The molecule has 2 aliphatic heterocycles. The molecule has 7 nitrogen and oxygen atoms in total. The molecule has 2 atom stereocenters. The van der Waals surface area contributed by atoms with Crippen LogP contribution in [-0.2, 0) is 11.2 Å². The summed E-state index contributed by atoms with van der Waals surface area (Å²) in [5, 5.41) is 0. The minimum atomic E-state index is -0.113. The molecule has 1 saturated heterocycles. The largest absolute Gasteiger partial charge is 0.483 e. The van der Waals surface area contributed by atoms with Crippen LogP contribution in [0.2, 0.25) is 0 Å². The molecule has 4 rings (SSSR count). The van der Waals surface area contributed by atoms with Gasteiger partial charge in [-0.15, -0.1) is 0 Å². The molecule has 2 amide bonds. The zero-order valence-corrected chi connectivity index (χ0v) is 18.6. The lowest BCUT2D eigenvalue weighted by atomic mass is 9.91. The third kappa shape index (κ3) is 4.61. The van der Waals surface area contributed by atoms with Gasteiger partial charge in [-0.2, -0.15) is 0 Å². The van der Waals surface area contributed by atoms with E-state index in [0.717, 1.165) is 24.2 Å². The number of hydrogen-bond acceptors (Lipinski definition) is 5. The zero-order valence-electron chi connectivity index (χ0n) is 18.6. The van der Waals surface area contributed by atoms with Crippen molar-refractivity contribution in [1.29, 1.82) is 0 Å². The van der Waals surface area contributed by atoms with Gasteiger partial charge >= 0.3 is 0 Å². The fourth-order valence-corrected chi connectivity index (χ4v) is 4.50. The molecular formula is C25H29N3O4. The van der Waals surface area contributed by atoms with Gasteiger partial charge in [0.25, 0.3) is 11.8 Å². The van der Waals surface area contributed by atoms with E-state index in [1.165, 1.54) is 0 Å². The van der Waals surface area contributed by atoms with Crippen LogP contribution in [-0.4, -0.2) is 66.0 Å². The first-order valence-electron chi connectivity index (χ1n) is 11.0. The number of likely N-dealkylation sites (tertiary alicyclic amines) is 1. The average Bonchev–Trinajstić information content (AvgIpc) is 2.84. The third-order valence-electron chi connectivity index (χ3n) is 6.29. The van der Waals surface area contributed by atoms with Gasteiger partial charge < -0.3 is 19.3 Å². The molecule has 0 spiro atoms. The van der Waals surface area contributed by atoms with Crippen molar-refractivity contribution in [3.05, 3.63) is 65.9 Å². The van der Waals surface area contributed by atoms with Crippen LogP contribution >= 0.6 is 0 Å². The quantitative estimate of drug-likeness (QED) is 0.678. The SMILES string of the molecule is COc1ccc(C(=O)N2CCC[C@@H]3[C@H]2CC=CCc2ccccc2OCC(=O)N3C)cn1. The van der Waals surface area contributed by atoms with Gasteiger partial charge in [-0.05, 0) is 43.4 Å². The van der Waals surface area contributed by atoms with Crippen molar-refractivity contribution in [3.63, 3.8) is 0 Å². The summed E-state index contributed by atoms with van der Waals surface area (Å²) in [6, 6.07) is 11.0. The molecule has 1 aromatic heterocycles. The lowest BCUT2D eigenvalue weighted by Gasteiger charge is -2.44. The van der Waals surface area contributed by atoms with Crippen molar-refractivity contribution in [1.82, 2.24) is 14.8 Å². The van der Waals surface area contributed by atoms with E-state index in [1.54, 1.807) is 30.3 Å². The third-order valence-corrected chi connectivity index (χ3v) is 6.29. The van der Waals surface area contributed by atoms with E-state index in [4.69, 9.17) is 9.47 Å². The van der Waals surface area contributed by atoms with Crippen LogP contribution in [0.15, 0.2) is 54.7 Å². The molecule has 3 heterocycles. The maximum absolute atomic E-state index is 13.4. The Hall–Kier alpha value is -3.35. The molecule has 7 heteroatoms. The van der Waals surface area contributed by atoms with Gasteiger partial charge in [0, 0.05) is 25.9 Å². The average molecular weight is 436 g/mol. The lowest BCUT2D eigenvalue weighted by molar-refractivity contribution is -0.136. The van der Waals surface area contributed by atoms with E-state index in [2.05, 4.69) is 17.1 Å². The molecule has 0 aliphatic carbocycles. The fraction of sp³-hybridized carbons (Fsp3) is 0.400. The van der Waals surface area contributed by atoms with E-state index in [9.17, 15) is 9.59 Å². The Morgan fingerprint density at radius 2 is 2.00 bits per heavy atom. The van der Waals surface area contributed by atoms with E-state index < -0.39 is 0 Å². The van der Waals surface area contributed by atoms with Gasteiger partial charge in [0.2, 0.25) is 5.88 Å². The number of para-hydroxylation sites is 1. The Balaban J connectivity index is 1.61. The van der Waals surface area contributed by atoms with Crippen LogP contribution < -0.4 is 9.47 Å². The number of amides is 2. The molecular weight excluding hydrogens is 406 g/mol. The molecule has 0 unspecified atom stereocenters. The first-order chi connectivity index (χ1) is 15.6. The predicted molar refractivity (Wildman–Crippen MR) is 121 cm³/mol. The number of ether oxygens (including phenoxy) is 2. The van der Waals surface area contributed by atoms with Crippen molar-refractivity contribution < 1.29 is 19.1 Å². The predicted octanol–water partition coefficient (Wildman–Crippen LogP) is 3.10. The number of allylic oxidation sites excluding steroid dienone is 1. The van der Waals surface area contributed by atoms with E-state index in [0.29, 0.717) is 30.8 Å². The molecule has 168 valence electrons. The van der Waals surface area contributed by atoms with Crippen LogP contribution in [0.3, 0.4) is 0 Å². The molecule has 0 radical (unpaired) electrons. The number of fused-ring (bicyclic) bond motifs is 2. The molecule has 2 aliphatic rings. The highest BCUT2D eigenvalue weighted by atomic mass is 16.5. The van der Waals surface area contributed by atoms with Crippen LogP contribution in [0.5, 0.6) is 11.6 Å². The van der Waals surface area contributed by atoms with E-state index >= 15 is 0 Å². The molecule has 2 aromatic rings. The number of methoxy groups -OCH3 is 1. The van der Waals surface area contributed by atoms with Gasteiger partial charge in [-0.3, -0.25) is 9.59 Å². The van der Waals surface area contributed by atoms with Gasteiger partial charge in [-0.1, -0.05) is 30.4 Å². The highest BCUT2D eigenvalue weighted by molar-refractivity contribution is 5.94. The van der Waals surface area contributed by atoms with Crippen molar-refractivity contribution in [3.8, 4) is 11.6 Å². The highest BCUT2D eigenvalue weighted by Crippen LogP contribution is 2.28. The molecule has 1 fully saturated rings. The smallest absolute Gasteiger partial charge is 0.260 e. The minimum absolute atomic E-state index is 0.0171. The number of likely N-dealkylation sites (N-methyl/N-ethyl adjacent to an activating group) is 1. The Kier molecular flexibility index (Phi) is 6.73. The highest BCUT2D eigenvalue weighted by Gasteiger charge is 2.37. The Morgan fingerprint density at radius 1 is 1.16 bits per heavy atom. The number of benzene rings is 1. The molecule has 1 aromatic carbocycles. The lowest BCUT2D eigenvalue weighted by Crippen LogP contribution is -2.57. The number of rotatable bonds is 2. The maximum Gasteiger partial charge on any atom is 0.260 e. The number of aromatic nitrogens is 1. The molecule has 0 N–H and O–H groups in total. The number of pyridine rings is 1. The summed E-state index contributed by atoms with van der Waals surface area (Å²) in [5.74, 6) is 1.05. The Labute approximate surface area is 188 Å². The van der Waals surface area contributed by atoms with Gasteiger partial charge in [0.15, 0.2) is 6.61 Å². The van der Waals surface area contributed by atoms with E-state index in [-0.39, 0.29) is 30.5 Å². The Bertz CT molecular complexity index is 989. The normalized spacial score (nSPS) is 21.5. The molecule has 32 heavy (non-hydrogen) atoms. The molecule has 0 saturated carbocycles. The van der Waals surface area contributed by atoms with Gasteiger partial charge in [-0.25, -0.2) is 4.98 Å². The van der Waals surface area contributed by atoms with Gasteiger partial charge in [0.05, 0.1) is 24.8 Å². The second-order valence-corrected chi connectivity index (χ2v) is 8.18. The second kappa shape index (κ2) is 9.85. The van der Waals surface area contributed by atoms with Crippen LogP contribution in [0.1, 0.15) is 35.2 Å². The van der Waals surface area contributed by atoms with Crippen LogP contribution in [0.25, 0.3) is 0 Å². The summed E-state index contributed by atoms with van der Waals surface area (Å²) in [6.07, 6.45) is 8.87. The van der Waals surface area contributed by atoms with E-state index in [1.807, 2.05) is 36.2 Å². The number of piperidine rings is 1. The van der Waals surface area contributed by atoms with Crippen LogP contribution in [0, 0.1) is 0 Å². The number of nitrogens with zero attached hydrogens (tertiary/aromatic N) is 3. The van der Waals surface area contributed by atoms with Crippen molar-refractivity contribution in [2.45, 2.75) is 37.8 Å². The zero-order chi connectivity index (χ0) is 22.5. The summed E-state index contributed by atoms with van der Waals surface area (Å²) < 4.78 is 11.0. The summed E-state index contributed by atoms with van der Waals surface area (Å²) in [7, 11) is 3.36. The van der Waals surface area contributed by atoms with Crippen molar-refractivity contribution >= 4 is 11.8 Å². The topological polar surface area (TPSA) is 72.0 Å². The summed E-state index contributed by atoms with van der Waals surface area (Å²) in [6.45, 7) is 0.637. The summed E-state index contributed by atoms with van der Waals surface area (Å²) >= 11 is 0. The fourth-order valence-electron chi connectivity index (χ4n) is 4.50. The van der Waals surface area contributed by atoms with Crippen molar-refractivity contribution in [2.75, 3.05) is 27.3 Å². The standard InChI is InChI=1S/C25H29N3O4/c1-27-20-11-7-15-28(25(30)19-13-14-23(31-2)26-16-19)21(20)10-5-3-8-18-9-4-6-12-22(18)32-17-24(27)29/h3-6,9,12-14,16,20-21H,7-8,10-11,15,17H2,1-2H3/t20-,21-/m1/s1. The summed E-state index contributed by atoms with van der Waals surface area (Å²) in [4.78, 5) is 34.2. The summed E-state index contributed by atoms with van der Waals surface area (Å²) in [5.41, 5.74) is 1.56. The minimum Gasteiger partial charge on any atom is -0.483 e. The van der Waals surface area contributed by atoms with Gasteiger partial charge in [0.1, 0.15) is 5.75 Å². The van der Waals surface area contributed by atoms with Crippen molar-refractivity contribution in [2.24, 2.45) is 0 Å². The molecule has 0 bridgehead atoms. The van der Waals surface area contributed by atoms with Crippen LogP contribution in [0.4, 0.5) is 0 Å². The Morgan fingerprint density at radius 3 is 2.78 bits per heavy atom. The first-order valence-corrected chi connectivity index (χ1v) is 11.0. The monoisotopic (exact) mass is 435 g/mol. The first kappa shape index (κ1) is 21.9. The second-order valence-electron chi connectivity index (χ2n) is 8.18. The number of carbonyl (C=O) groups is 2. The number of carbonyl (C=O) groups excluding carboxylic acids is 2. The maximum atomic E-state index is 13.4.